The van der Waals surface area contributed by atoms with Gasteiger partial charge in [0, 0.05) is 21.1 Å². The van der Waals surface area contributed by atoms with E-state index in [1.807, 2.05) is 0 Å². The Morgan fingerprint density at radius 1 is 1.10 bits per heavy atom. The van der Waals surface area contributed by atoms with Crippen molar-refractivity contribution in [2.24, 2.45) is 0 Å². The predicted octanol–water partition coefficient (Wildman–Crippen LogP) is 1.83. The fraction of sp³-hybridized carbons (Fsp3) is 0.455. The Labute approximate surface area is 128 Å². The van der Waals surface area contributed by atoms with Gasteiger partial charge in [-0.25, -0.2) is 0 Å². The molecule has 1 aliphatic heterocycles. The quantitative estimate of drug-likeness (QED) is 0.804. The Bertz CT molecular complexity index is 510. The van der Waals surface area contributed by atoms with Crippen LogP contribution in [0.1, 0.15) is 12.0 Å². The van der Waals surface area contributed by atoms with E-state index in [-0.39, 0.29) is 28.7 Å². The van der Waals surface area contributed by atoms with Gasteiger partial charge in [-0.15, -0.1) is 0 Å². The van der Waals surface area contributed by atoms with Gasteiger partial charge < -0.3 is 19.5 Å². The molecule has 0 aliphatic carbocycles. The van der Waals surface area contributed by atoms with Crippen LogP contribution in [0.3, 0.4) is 0 Å². The van der Waals surface area contributed by atoms with Gasteiger partial charge in [0.1, 0.15) is 0 Å². The molecule has 116 valence electrons. The highest BCUT2D eigenvalue weighted by molar-refractivity contribution is 6.66. The SMILES string of the molecule is OB(O)c1c(Cl)cc(C2(C(F)(F)F)OCCCO2)cc1Cl. The van der Waals surface area contributed by atoms with Gasteiger partial charge in [0.25, 0.3) is 5.79 Å². The second kappa shape index (κ2) is 5.94. The molecule has 2 rings (SSSR count). The Kier molecular flexibility index (Phi) is 4.77. The van der Waals surface area contributed by atoms with Crippen LogP contribution in [0.5, 0.6) is 0 Å². The summed E-state index contributed by atoms with van der Waals surface area (Å²) in [5.41, 5.74) is -0.732. The number of ether oxygens (including phenoxy) is 2. The van der Waals surface area contributed by atoms with Crippen LogP contribution in [0.4, 0.5) is 13.2 Å². The van der Waals surface area contributed by atoms with Crippen molar-refractivity contribution in [1.29, 1.82) is 0 Å². The molecule has 0 bridgehead atoms. The average Bonchev–Trinajstić information content (AvgIpc) is 2.36. The minimum absolute atomic E-state index is 0.140. The summed E-state index contributed by atoms with van der Waals surface area (Å²) in [6.45, 7) is -0.280. The molecule has 0 spiro atoms. The summed E-state index contributed by atoms with van der Waals surface area (Å²) >= 11 is 11.6. The molecule has 1 fully saturated rings. The minimum atomic E-state index is -4.85. The van der Waals surface area contributed by atoms with Gasteiger partial charge in [0.2, 0.25) is 0 Å². The van der Waals surface area contributed by atoms with Crippen LogP contribution in [0.25, 0.3) is 0 Å². The Hall–Kier alpha value is -0.505. The summed E-state index contributed by atoms with van der Waals surface area (Å²) in [5, 5.41) is 17.6. The Morgan fingerprint density at radius 2 is 1.57 bits per heavy atom. The van der Waals surface area contributed by atoms with Crippen molar-refractivity contribution in [3.05, 3.63) is 27.7 Å². The van der Waals surface area contributed by atoms with Crippen LogP contribution in [0, 0.1) is 0 Å². The van der Waals surface area contributed by atoms with E-state index in [1.54, 1.807) is 0 Å². The fourth-order valence-corrected chi connectivity index (χ4v) is 2.73. The van der Waals surface area contributed by atoms with Gasteiger partial charge in [-0.1, -0.05) is 23.2 Å². The van der Waals surface area contributed by atoms with Crippen molar-refractivity contribution in [3.8, 4) is 0 Å². The molecule has 10 heteroatoms. The summed E-state index contributed by atoms with van der Waals surface area (Å²) in [5.74, 6) is -2.96. The van der Waals surface area contributed by atoms with Crippen molar-refractivity contribution in [2.45, 2.75) is 18.4 Å². The maximum absolute atomic E-state index is 13.4. The number of hydrogen-bond acceptors (Lipinski definition) is 4. The van der Waals surface area contributed by atoms with Crippen molar-refractivity contribution in [3.63, 3.8) is 0 Å². The first-order chi connectivity index (χ1) is 9.69. The maximum atomic E-state index is 13.4. The van der Waals surface area contributed by atoms with E-state index in [2.05, 4.69) is 0 Å². The standard InChI is InChI=1S/C11H10BCl2F3O4/c13-7-4-6(5-8(14)9(7)12(18)19)10(11(15,16)17)20-2-1-3-21-10/h4-5,18-19H,1-3H2. The van der Waals surface area contributed by atoms with Crippen LogP contribution < -0.4 is 5.46 Å². The van der Waals surface area contributed by atoms with Gasteiger partial charge in [0.15, 0.2) is 0 Å². The number of hydrogen-bond donors (Lipinski definition) is 2. The zero-order chi connectivity index (χ0) is 15.8. The molecule has 1 aromatic carbocycles. The fourth-order valence-electron chi connectivity index (χ4n) is 2.05. The molecule has 1 heterocycles. The van der Waals surface area contributed by atoms with Crippen molar-refractivity contribution < 1.29 is 32.7 Å². The zero-order valence-electron chi connectivity index (χ0n) is 10.5. The van der Waals surface area contributed by atoms with Gasteiger partial charge in [-0.2, -0.15) is 13.2 Å². The number of benzene rings is 1. The predicted molar refractivity (Wildman–Crippen MR) is 70.5 cm³/mol. The smallest absolute Gasteiger partial charge is 0.423 e. The molecule has 1 aliphatic rings. The monoisotopic (exact) mass is 344 g/mol. The molecule has 4 nitrogen and oxygen atoms in total. The third kappa shape index (κ3) is 3.01. The maximum Gasteiger partial charge on any atom is 0.491 e. The second-order valence-corrected chi connectivity index (χ2v) is 5.21. The number of rotatable bonds is 2. The largest absolute Gasteiger partial charge is 0.491 e. The molecule has 0 saturated carbocycles. The third-order valence-electron chi connectivity index (χ3n) is 2.99. The van der Waals surface area contributed by atoms with Gasteiger partial charge in [-0.05, 0) is 18.6 Å². The van der Waals surface area contributed by atoms with E-state index < -0.39 is 24.6 Å². The Balaban J connectivity index is 2.57. The van der Waals surface area contributed by atoms with Gasteiger partial charge >= 0.3 is 13.3 Å². The van der Waals surface area contributed by atoms with Gasteiger partial charge in [-0.3, -0.25) is 0 Å². The molecule has 0 amide bonds. The summed E-state index contributed by atoms with van der Waals surface area (Å²) in [6, 6.07) is 1.81. The van der Waals surface area contributed by atoms with E-state index in [9.17, 15) is 13.2 Å². The topological polar surface area (TPSA) is 58.9 Å². The third-order valence-corrected chi connectivity index (χ3v) is 3.62. The molecule has 2 N–H and O–H groups in total. The molecule has 1 aromatic rings. The number of alkyl halides is 3. The second-order valence-electron chi connectivity index (χ2n) is 4.39. The van der Waals surface area contributed by atoms with Crippen LogP contribution in [-0.4, -0.2) is 36.6 Å². The van der Waals surface area contributed by atoms with E-state index in [4.69, 9.17) is 42.7 Å². The molecule has 0 radical (unpaired) electrons. The zero-order valence-corrected chi connectivity index (χ0v) is 12.0. The lowest BCUT2D eigenvalue weighted by atomic mass is 9.79. The highest BCUT2D eigenvalue weighted by Crippen LogP contribution is 2.46. The van der Waals surface area contributed by atoms with Crippen LogP contribution in [-0.2, 0) is 15.3 Å². The first-order valence-electron chi connectivity index (χ1n) is 5.89. The van der Waals surface area contributed by atoms with Crippen LogP contribution >= 0.6 is 23.2 Å². The van der Waals surface area contributed by atoms with Crippen molar-refractivity contribution in [1.82, 2.24) is 0 Å². The normalized spacial score (nSPS) is 18.6. The first kappa shape index (κ1) is 16.9. The first-order valence-corrected chi connectivity index (χ1v) is 6.65. The van der Waals surface area contributed by atoms with Crippen LogP contribution in [0.15, 0.2) is 12.1 Å². The van der Waals surface area contributed by atoms with E-state index >= 15 is 0 Å². The highest BCUT2D eigenvalue weighted by Gasteiger charge is 2.60. The summed E-state index contributed by atoms with van der Waals surface area (Å²) < 4.78 is 49.8. The molecule has 1 saturated heterocycles. The highest BCUT2D eigenvalue weighted by atomic mass is 35.5. The lowest BCUT2D eigenvalue weighted by molar-refractivity contribution is -0.406. The lowest BCUT2D eigenvalue weighted by Gasteiger charge is -2.38. The minimum Gasteiger partial charge on any atom is -0.423 e. The molecule has 0 unspecified atom stereocenters. The average molecular weight is 345 g/mol. The molecule has 0 aromatic heterocycles. The molecule has 0 atom stereocenters. The molecular formula is C11H10BCl2F3O4. The summed E-state index contributed by atoms with van der Waals surface area (Å²) in [4.78, 5) is 0. The van der Waals surface area contributed by atoms with Crippen molar-refractivity contribution >= 4 is 35.8 Å². The number of halogens is 5. The Morgan fingerprint density at radius 3 is 1.95 bits per heavy atom. The molecular weight excluding hydrogens is 335 g/mol. The van der Waals surface area contributed by atoms with Crippen molar-refractivity contribution in [2.75, 3.05) is 13.2 Å². The lowest BCUT2D eigenvalue weighted by Crippen LogP contribution is -2.50. The van der Waals surface area contributed by atoms with Crippen LogP contribution in [0.2, 0.25) is 10.0 Å². The van der Waals surface area contributed by atoms with E-state index in [0.717, 1.165) is 12.1 Å². The molecule has 21 heavy (non-hydrogen) atoms. The summed E-state index contributed by atoms with van der Waals surface area (Å²) in [6.07, 6.45) is -4.52. The van der Waals surface area contributed by atoms with E-state index in [1.165, 1.54) is 0 Å². The van der Waals surface area contributed by atoms with E-state index in [0.29, 0.717) is 6.42 Å². The van der Waals surface area contributed by atoms with Gasteiger partial charge in [0.05, 0.1) is 13.2 Å². The summed E-state index contributed by atoms with van der Waals surface area (Å²) in [7, 11) is -2.01.